The molecule has 1 saturated carbocycles. The summed E-state index contributed by atoms with van der Waals surface area (Å²) in [6.45, 7) is 4.95. The summed E-state index contributed by atoms with van der Waals surface area (Å²) in [4.78, 5) is 24.5. The van der Waals surface area contributed by atoms with Gasteiger partial charge in [-0.05, 0) is 13.0 Å². The molecule has 0 aromatic rings. The van der Waals surface area contributed by atoms with Crippen LogP contribution in [-0.4, -0.2) is 63.7 Å². The molecule has 148 valence electrons. The molecule has 7 nitrogen and oxygen atoms in total. The molecule has 0 aromatic heterocycles. The topological polar surface area (TPSA) is 113 Å². The summed E-state index contributed by atoms with van der Waals surface area (Å²) in [5.74, 6) is -3.32. The highest BCUT2D eigenvalue weighted by atomic mass is 35.5. The Morgan fingerprint density at radius 2 is 2.22 bits per heavy atom. The van der Waals surface area contributed by atoms with Crippen molar-refractivity contribution in [1.29, 1.82) is 0 Å². The van der Waals surface area contributed by atoms with Crippen LogP contribution in [0.15, 0.2) is 36.0 Å². The van der Waals surface area contributed by atoms with Gasteiger partial charge in [0.25, 0.3) is 0 Å². The number of hydrogen-bond acceptors (Lipinski definition) is 7. The van der Waals surface area contributed by atoms with E-state index in [1.165, 1.54) is 13.0 Å². The van der Waals surface area contributed by atoms with E-state index in [0.717, 1.165) is 0 Å². The standard InChI is InChI=1S/C19H23ClO7/c1-9(5-6-21)17(23)26-13-7-19(25,8-20)11-3-4-12(22)15(11)16-14(13)10(2)18(24)27-16/h3-5,11-16,21-22,25H,2,6-8H2,1H3. The van der Waals surface area contributed by atoms with Gasteiger partial charge in [-0.3, -0.25) is 0 Å². The third-order valence-corrected chi connectivity index (χ3v) is 6.21. The first-order valence-corrected chi connectivity index (χ1v) is 9.30. The van der Waals surface area contributed by atoms with E-state index in [0.29, 0.717) is 0 Å². The van der Waals surface area contributed by atoms with E-state index in [9.17, 15) is 19.8 Å². The van der Waals surface area contributed by atoms with Gasteiger partial charge in [0.1, 0.15) is 12.2 Å². The number of aliphatic hydroxyl groups excluding tert-OH is 2. The van der Waals surface area contributed by atoms with Crippen molar-refractivity contribution in [2.75, 3.05) is 12.5 Å². The summed E-state index contributed by atoms with van der Waals surface area (Å²) in [5.41, 5.74) is -1.13. The molecule has 7 unspecified atom stereocenters. The summed E-state index contributed by atoms with van der Waals surface area (Å²) < 4.78 is 11.0. The van der Waals surface area contributed by atoms with Crippen LogP contribution in [0.2, 0.25) is 0 Å². The quantitative estimate of drug-likeness (QED) is 0.273. The van der Waals surface area contributed by atoms with Gasteiger partial charge in [-0.15, -0.1) is 11.6 Å². The molecule has 1 heterocycles. The van der Waals surface area contributed by atoms with Crippen LogP contribution in [0, 0.1) is 17.8 Å². The van der Waals surface area contributed by atoms with Gasteiger partial charge >= 0.3 is 11.9 Å². The Hall–Kier alpha value is -1.67. The SMILES string of the molecule is C=C1C(=O)OC2C1C(OC(=O)C(C)=CCO)CC(O)(CCl)C1C=CC(O)C21. The molecule has 27 heavy (non-hydrogen) atoms. The van der Waals surface area contributed by atoms with Crippen molar-refractivity contribution in [2.24, 2.45) is 17.8 Å². The molecule has 3 aliphatic rings. The molecule has 2 aliphatic carbocycles. The lowest BCUT2D eigenvalue weighted by Gasteiger charge is -2.35. The number of carbonyl (C=O) groups excluding carboxylic acids is 2. The second-order valence-corrected chi connectivity index (χ2v) is 7.62. The molecule has 0 bridgehead atoms. The van der Waals surface area contributed by atoms with Gasteiger partial charge in [-0.2, -0.15) is 0 Å². The van der Waals surface area contributed by atoms with E-state index in [1.54, 1.807) is 12.2 Å². The van der Waals surface area contributed by atoms with E-state index in [2.05, 4.69) is 6.58 Å². The molecule has 1 saturated heterocycles. The third kappa shape index (κ3) is 3.33. The Kier molecular flexibility index (Phi) is 5.49. The summed E-state index contributed by atoms with van der Waals surface area (Å²) in [6, 6.07) is 0. The van der Waals surface area contributed by atoms with E-state index in [-0.39, 0.29) is 30.1 Å². The molecular formula is C19H23ClO7. The van der Waals surface area contributed by atoms with Crippen LogP contribution in [0.3, 0.4) is 0 Å². The predicted molar refractivity (Wildman–Crippen MR) is 95.6 cm³/mol. The lowest BCUT2D eigenvalue weighted by atomic mass is 9.78. The lowest BCUT2D eigenvalue weighted by Crippen LogP contribution is -2.46. The first-order valence-electron chi connectivity index (χ1n) is 8.76. The predicted octanol–water partition coefficient (Wildman–Crippen LogP) is 0.471. The normalized spacial score (nSPS) is 41.0. The first kappa shape index (κ1) is 20.1. The average Bonchev–Trinajstić information content (AvgIpc) is 3.11. The van der Waals surface area contributed by atoms with Crippen LogP contribution < -0.4 is 0 Å². The van der Waals surface area contributed by atoms with Gasteiger partial charge in [0.15, 0.2) is 0 Å². The number of fused-ring (bicyclic) bond motifs is 3. The van der Waals surface area contributed by atoms with Crippen molar-refractivity contribution in [3.05, 3.63) is 36.0 Å². The Labute approximate surface area is 161 Å². The molecule has 0 amide bonds. The smallest absolute Gasteiger partial charge is 0.334 e. The van der Waals surface area contributed by atoms with E-state index in [1.807, 2.05) is 0 Å². The Morgan fingerprint density at radius 3 is 2.85 bits per heavy atom. The summed E-state index contributed by atoms with van der Waals surface area (Å²) in [5, 5.41) is 30.6. The molecular weight excluding hydrogens is 376 g/mol. The molecule has 0 aromatic carbocycles. The fourth-order valence-electron chi connectivity index (χ4n) is 4.32. The second-order valence-electron chi connectivity index (χ2n) is 7.35. The van der Waals surface area contributed by atoms with Gasteiger partial charge < -0.3 is 24.8 Å². The highest BCUT2D eigenvalue weighted by Gasteiger charge is 2.60. The number of aliphatic hydroxyl groups is 3. The van der Waals surface area contributed by atoms with Crippen LogP contribution in [0.25, 0.3) is 0 Å². The number of rotatable bonds is 4. The largest absolute Gasteiger partial charge is 0.458 e. The van der Waals surface area contributed by atoms with Gasteiger partial charge in [0.05, 0.1) is 30.1 Å². The zero-order chi connectivity index (χ0) is 19.9. The van der Waals surface area contributed by atoms with Crippen LogP contribution in [-0.2, 0) is 19.1 Å². The van der Waals surface area contributed by atoms with Gasteiger partial charge in [-0.25, -0.2) is 9.59 Å². The first-order chi connectivity index (χ1) is 12.7. The number of ether oxygens (including phenoxy) is 2. The molecule has 3 rings (SSSR count). The maximum Gasteiger partial charge on any atom is 0.334 e. The molecule has 8 heteroatoms. The molecule has 2 fully saturated rings. The zero-order valence-electron chi connectivity index (χ0n) is 14.9. The molecule has 7 atom stereocenters. The lowest BCUT2D eigenvalue weighted by molar-refractivity contribution is -0.150. The molecule has 0 spiro atoms. The molecule has 1 aliphatic heterocycles. The highest BCUT2D eigenvalue weighted by molar-refractivity contribution is 6.18. The number of carbonyl (C=O) groups is 2. The van der Waals surface area contributed by atoms with E-state index < -0.39 is 53.6 Å². The number of hydrogen-bond donors (Lipinski definition) is 3. The van der Waals surface area contributed by atoms with Crippen molar-refractivity contribution in [3.63, 3.8) is 0 Å². The van der Waals surface area contributed by atoms with Gasteiger partial charge in [-0.1, -0.05) is 18.7 Å². The zero-order valence-corrected chi connectivity index (χ0v) is 15.6. The summed E-state index contributed by atoms with van der Waals surface area (Å²) in [6.07, 6.45) is 1.85. The van der Waals surface area contributed by atoms with Crippen molar-refractivity contribution in [3.8, 4) is 0 Å². The fourth-order valence-corrected chi connectivity index (χ4v) is 4.61. The van der Waals surface area contributed by atoms with Crippen LogP contribution in [0.5, 0.6) is 0 Å². The Morgan fingerprint density at radius 1 is 1.52 bits per heavy atom. The number of halogens is 1. The fraction of sp³-hybridized carbons (Fsp3) is 0.579. The van der Waals surface area contributed by atoms with E-state index >= 15 is 0 Å². The minimum atomic E-state index is -1.46. The van der Waals surface area contributed by atoms with Crippen molar-refractivity contribution in [1.82, 2.24) is 0 Å². The van der Waals surface area contributed by atoms with Gasteiger partial charge in [0, 0.05) is 29.4 Å². The maximum absolute atomic E-state index is 12.4. The number of esters is 2. The van der Waals surface area contributed by atoms with Crippen molar-refractivity contribution in [2.45, 2.75) is 37.3 Å². The summed E-state index contributed by atoms with van der Waals surface area (Å²) >= 11 is 6.06. The third-order valence-electron chi connectivity index (χ3n) is 5.75. The minimum absolute atomic E-state index is 0.0380. The van der Waals surface area contributed by atoms with Gasteiger partial charge in [0.2, 0.25) is 0 Å². The highest BCUT2D eigenvalue weighted by Crippen LogP contribution is 2.51. The monoisotopic (exact) mass is 398 g/mol. The van der Waals surface area contributed by atoms with E-state index in [4.69, 9.17) is 26.2 Å². The van der Waals surface area contributed by atoms with Crippen LogP contribution >= 0.6 is 11.6 Å². The average molecular weight is 399 g/mol. The van der Waals surface area contributed by atoms with Crippen molar-refractivity contribution >= 4 is 23.5 Å². The minimum Gasteiger partial charge on any atom is -0.458 e. The Balaban J connectivity index is 2.00. The maximum atomic E-state index is 12.4. The Bertz CT molecular complexity index is 715. The number of alkyl halides is 1. The van der Waals surface area contributed by atoms with Crippen LogP contribution in [0.4, 0.5) is 0 Å². The summed E-state index contributed by atoms with van der Waals surface area (Å²) in [7, 11) is 0. The second kappa shape index (κ2) is 7.39. The van der Waals surface area contributed by atoms with Crippen molar-refractivity contribution < 1.29 is 34.4 Å². The molecule has 0 radical (unpaired) electrons. The molecule has 3 N–H and O–H groups in total. The van der Waals surface area contributed by atoms with Crippen LogP contribution in [0.1, 0.15) is 13.3 Å².